The first-order valence-electron chi connectivity index (χ1n) is 11.0. The van der Waals surface area contributed by atoms with Gasteiger partial charge in [-0.2, -0.15) is 0 Å². The number of unbranched alkanes of at least 4 members (excludes halogenated alkanes) is 11. The highest BCUT2D eigenvalue weighted by molar-refractivity contribution is 5.74. The molecule has 0 saturated heterocycles. The number of benzene rings is 1. The fourth-order valence-electron chi connectivity index (χ4n) is 3.49. The Hall–Kier alpha value is -1.57. The van der Waals surface area contributed by atoms with Crippen LogP contribution < -0.4 is 0 Å². The number of aromatic nitrogens is 2. The van der Waals surface area contributed by atoms with E-state index in [1.54, 1.807) is 0 Å². The lowest BCUT2D eigenvalue weighted by molar-refractivity contribution is 0.607. The van der Waals surface area contributed by atoms with Crippen molar-refractivity contribution in [3.05, 3.63) is 42.2 Å². The summed E-state index contributed by atoms with van der Waals surface area (Å²) in [6.07, 6.45) is 23.5. The predicted octanol–water partition coefficient (Wildman–Crippen LogP) is 7.75. The molecule has 0 unspecified atom stereocenters. The maximum absolute atomic E-state index is 4.65. The molecule has 0 aliphatic carbocycles. The van der Waals surface area contributed by atoms with E-state index in [-0.39, 0.29) is 0 Å². The van der Waals surface area contributed by atoms with Gasteiger partial charge in [-0.1, -0.05) is 82.6 Å². The van der Waals surface area contributed by atoms with Crippen molar-refractivity contribution < 1.29 is 0 Å². The van der Waals surface area contributed by atoms with Gasteiger partial charge < -0.3 is 4.98 Å². The second-order valence-corrected chi connectivity index (χ2v) is 7.53. The third-order valence-corrected chi connectivity index (χ3v) is 5.11. The summed E-state index contributed by atoms with van der Waals surface area (Å²) in [5.41, 5.74) is 2.26. The molecule has 0 saturated carbocycles. The van der Waals surface area contributed by atoms with E-state index in [9.17, 15) is 0 Å². The van der Waals surface area contributed by atoms with Gasteiger partial charge in [-0.3, -0.25) is 0 Å². The monoisotopic (exact) mass is 354 g/mol. The number of hydrogen-bond donors (Lipinski definition) is 1. The lowest BCUT2D eigenvalue weighted by Crippen LogP contribution is -1.88. The van der Waals surface area contributed by atoms with Gasteiger partial charge in [0, 0.05) is 6.42 Å². The Morgan fingerprint density at radius 2 is 1.38 bits per heavy atom. The van der Waals surface area contributed by atoms with Crippen LogP contribution >= 0.6 is 0 Å². The Morgan fingerprint density at radius 3 is 2.08 bits per heavy atom. The maximum atomic E-state index is 4.65. The number of H-pyrrole nitrogens is 1. The van der Waals surface area contributed by atoms with Crippen LogP contribution in [0.2, 0.25) is 0 Å². The van der Waals surface area contributed by atoms with E-state index in [0.29, 0.717) is 0 Å². The van der Waals surface area contributed by atoms with Gasteiger partial charge in [0.15, 0.2) is 0 Å². The molecule has 0 aliphatic heterocycles. The van der Waals surface area contributed by atoms with Gasteiger partial charge >= 0.3 is 0 Å². The molecule has 0 atom stereocenters. The predicted molar refractivity (Wildman–Crippen MR) is 115 cm³/mol. The summed E-state index contributed by atoms with van der Waals surface area (Å²) in [7, 11) is 0. The SMILES string of the molecule is CCCCCCCC/C=C\CCCCCCCc1nc2ccccc2[nH]1. The molecular weight excluding hydrogens is 316 g/mol. The van der Waals surface area contributed by atoms with E-state index in [2.05, 4.69) is 53.3 Å². The van der Waals surface area contributed by atoms with E-state index in [1.165, 1.54) is 83.5 Å². The summed E-state index contributed by atoms with van der Waals surface area (Å²) < 4.78 is 0. The number of nitrogens with zero attached hydrogens (tertiary/aromatic N) is 1. The molecule has 1 N–H and O–H groups in total. The van der Waals surface area contributed by atoms with Crippen LogP contribution in [0.1, 0.15) is 96.2 Å². The fraction of sp³-hybridized carbons (Fsp3) is 0.625. The maximum Gasteiger partial charge on any atom is 0.107 e. The summed E-state index contributed by atoms with van der Waals surface area (Å²) >= 11 is 0. The topological polar surface area (TPSA) is 28.7 Å². The van der Waals surface area contributed by atoms with Crippen LogP contribution in [0.4, 0.5) is 0 Å². The second-order valence-electron chi connectivity index (χ2n) is 7.53. The molecule has 0 spiro atoms. The van der Waals surface area contributed by atoms with Crippen molar-refractivity contribution in [3.8, 4) is 0 Å². The standard InChI is InChI=1S/C24H38N2/c1-2-3-4-5-6-7-8-9-10-11-12-13-14-15-16-21-24-25-22-19-17-18-20-23(22)26-24/h9-10,17-20H,2-8,11-16,21H2,1H3,(H,25,26)/b10-9-. The molecule has 144 valence electrons. The number of aryl methyl sites for hydroxylation is 1. The third kappa shape index (κ3) is 8.69. The Balaban J connectivity index is 1.38. The second kappa shape index (κ2) is 13.6. The van der Waals surface area contributed by atoms with Crippen LogP contribution in [0, 0.1) is 0 Å². The van der Waals surface area contributed by atoms with E-state index in [0.717, 1.165) is 23.3 Å². The van der Waals surface area contributed by atoms with Gasteiger partial charge in [0.05, 0.1) is 11.0 Å². The Bertz CT molecular complexity index is 578. The van der Waals surface area contributed by atoms with Crippen molar-refractivity contribution >= 4 is 11.0 Å². The normalized spacial score (nSPS) is 11.7. The fourth-order valence-corrected chi connectivity index (χ4v) is 3.49. The van der Waals surface area contributed by atoms with Gasteiger partial charge in [-0.05, 0) is 44.2 Å². The molecule has 2 nitrogen and oxygen atoms in total. The molecule has 0 bridgehead atoms. The number of rotatable bonds is 15. The minimum absolute atomic E-state index is 1.08. The zero-order valence-electron chi connectivity index (χ0n) is 16.8. The van der Waals surface area contributed by atoms with E-state index in [4.69, 9.17) is 0 Å². The van der Waals surface area contributed by atoms with Gasteiger partial charge in [0.2, 0.25) is 0 Å². The van der Waals surface area contributed by atoms with Crippen LogP contribution in [0.5, 0.6) is 0 Å². The number of fused-ring (bicyclic) bond motifs is 1. The van der Waals surface area contributed by atoms with Gasteiger partial charge in [-0.15, -0.1) is 0 Å². The van der Waals surface area contributed by atoms with Crippen LogP contribution in [0.25, 0.3) is 11.0 Å². The molecule has 26 heavy (non-hydrogen) atoms. The van der Waals surface area contributed by atoms with Crippen LogP contribution in [-0.2, 0) is 6.42 Å². The number of nitrogens with one attached hydrogen (secondary N) is 1. The number of aromatic amines is 1. The summed E-state index contributed by atoms with van der Waals surface area (Å²) in [6, 6.07) is 8.29. The molecule has 2 rings (SSSR count). The Kier molecular flexibility index (Phi) is 10.9. The van der Waals surface area contributed by atoms with Crippen molar-refractivity contribution in [2.24, 2.45) is 0 Å². The highest BCUT2D eigenvalue weighted by Crippen LogP contribution is 2.13. The van der Waals surface area contributed by atoms with Gasteiger partial charge in [0.25, 0.3) is 0 Å². The molecule has 0 fully saturated rings. The van der Waals surface area contributed by atoms with Gasteiger partial charge in [-0.25, -0.2) is 4.98 Å². The van der Waals surface area contributed by atoms with Crippen molar-refractivity contribution in [1.29, 1.82) is 0 Å². The highest BCUT2D eigenvalue weighted by atomic mass is 14.9. The zero-order chi connectivity index (χ0) is 18.3. The summed E-state index contributed by atoms with van der Waals surface area (Å²) in [5.74, 6) is 1.14. The third-order valence-electron chi connectivity index (χ3n) is 5.11. The molecule has 0 aliphatic rings. The number of hydrogen-bond acceptors (Lipinski definition) is 1. The molecular formula is C24H38N2. The first-order chi connectivity index (χ1) is 12.9. The quantitative estimate of drug-likeness (QED) is 0.257. The molecule has 0 amide bonds. The average Bonchev–Trinajstić information content (AvgIpc) is 3.07. The Morgan fingerprint density at radius 1 is 0.769 bits per heavy atom. The summed E-state index contributed by atoms with van der Waals surface area (Å²) in [6.45, 7) is 2.28. The van der Waals surface area contributed by atoms with Crippen LogP contribution in [0.15, 0.2) is 36.4 Å². The first-order valence-corrected chi connectivity index (χ1v) is 11.0. The lowest BCUT2D eigenvalue weighted by Gasteiger charge is -2.00. The smallest absolute Gasteiger partial charge is 0.107 e. The summed E-state index contributed by atoms with van der Waals surface area (Å²) in [5, 5.41) is 0. The number of allylic oxidation sites excluding steroid dienone is 2. The van der Waals surface area contributed by atoms with E-state index < -0.39 is 0 Å². The number of imidazole rings is 1. The van der Waals surface area contributed by atoms with Crippen LogP contribution in [-0.4, -0.2) is 9.97 Å². The molecule has 1 heterocycles. The molecule has 1 aromatic carbocycles. The van der Waals surface area contributed by atoms with E-state index >= 15 is 0 Å². The number of para-hydroxylation sites is 2. The molecule has 0 radical (unpaired) electrons. The Labute approximate surface area is 160 Å². The van der Waals surface area contributed by atoms with Crippen molar-refractivity contribution in [3.63, 3.8) is 0 Å². The van der Waals surface area contributed by atoms with Crippen LogP contribution in [0.3, 0.4) is 0 Å². The van der Waals surface area contributed by atoms with Crippen molar-refractivity contribution in [2.45, 2.75) is 96.8 Å². The minimum atomic E-state index is 1.08. The molecule has 1 aromatic heterocycles. The average molecular weight is 355 g/mol. The van der Waals surface area contributed by atoms with E-state index in [1.807, 2.05) is 0 Å². The molecule has 2 heteroatoms. The van der Waals surface area contributed by atoms with Crippen molar-refractivity contribution in [1.82, 2.24) is 9.97 Å². The highest BCUT2D eigenvalue weighted by Gasteiger charge is 2.01. The van der Waals surface area contributed by atoms with Gasteiger partial charge in [0.1, 0.15) is 5.82 Å². The first kappa shape index (κ1) is 20.7. The van der Waals surface area contributed by atoms with Crippen molar-refractivity contribution in [2.75, 3.05) is 0 Å². The largest absolute Gasteiger partial charge is 0.342 e. The zero-order valence-corrected chi connectivity index (χ0v) is 16.8. The minimum Gasteiger partial charge on any atom is -0.342 e. The lowest BCUT2D eigenvalue weighted by atomic mass is 10.1. The molecule has 2 aromatic rings. The summed E-state index contributed by atoms with van der Waals surface area (Å²) in [4.78, 5) is 8.08.